The third-order valence-electron chi connectivity index (χ3n) is 6.61. The molecule has 0 spiro atoms. The number of likely N-dealkylation sites (tertiary alicyclic amines) is 1. The van der Waals surface area contributed by atoms with Gasteiger partial charge in [0.2, 0.25) is 5.91 Å². The Kier molecular flexibility index (Phi) is 6.33. The lowest BCUT2D eigenvalue weighted by atomic mass is 9.70. The van der Waals surface area contributed by atoms with Gasteiger partial charge in [-0.25, -0.2) is 8.78 Å². The molecule has 8 nitrogen and oxygen atoms in total. The highest BCUT2D eigenvalue weighted by atomic mass is 19.3. The second-order valence-electron chi connectivity index (χ2n) is 8.04. The van der Waals surface area contributed by atoms with Crippen molar-refractivity contribution in [3.05, 3.63) is 24.0 Å². The maximum Gasteiger partial charge on any atom is 0.290 e. The van der Waals surface area contributed by atoms with Crippen LogP contribution in [0.25, 0.3) is 0 Å². The summed E-state index contributed by atoms with van der Waals surface area (Å²) in [6.45, 7) is 1.88. The van der Waals surface area contributed by atoms with Gasteiger partial charge in [0.1, 0.15) is 0 Å². The zero-order valence-electron chi connectivity index (χ0n) is 16.8. The summed E-state index contributed by atoms with van der Waals surface area (Å²) in [5.41, 5.74) is -0.390. The third kappa shape index (κ3) is 3.87. The van der Waals surface area contributed by atoms with Crippen LogP contribution in [0.2, 0.25) is 0 Å². The van der Waals surface area contributed by atoms with Crippen LogP contribution in [-0.4, -0.2) is 74.5 Å². The molecule has 1 aromatic heterocycles. The molecule has 4 rings (SSSR count). The Morgan fingerprint density at radius 3 is 2.53 bits per heavy atom. The third-order valence-corrected chi connectivity index (χ3v) is 6.61. The van der Waals surface area contributed by atoms with Crippen molar-refractivity contribution in [2.45, 2.75) is 63.5 Å². The molecule has 1 aromatic rings. The van der Waals surface area contributed by atoms with Crippen LogP contribution in [0, 0.1) is 5.41 Å². The predicted octanol–water partition coefficient (Wildman–Crippen LogP) is 2.21. The van der Waals surface area contributed by atoms with Gasteiger partial charge in [0, 0.05) is 44.2 Å². The Morgan fingerprint density at radius 2 is 1.97 bits per heavy atom. The minimum atomic E-state index is -2.68. The Balaban J connectivity index is 0.000000806. The van der Waals surface area contributed by atoms with E-state index in [1.165, 1.54) is 6.20 Å². The normalized spacial score (nSPS) is 29.2. The van der Waals surface area contributed by atoms with E-state index < -0.39 is 11.3 Å². The molecular weight excluding hydrogens is 398 g/mol. The van der Waals surface area contributed by atoms with E-state index in [0.717, 1.165) is 12.8 Å². The average Bonchev–Trinajstić information content (AvgIpc) is 3.30. The second-order valence-corrected chi connectivity index (χ2v) is 8.04. The number of alkyl halides is 2. The van der Waals surface area contributed by atoms with E-state index in [-0.39, 0.29) is 62.0 Å². The van der Waals surface area contributed by atoms with Crippen LogP contribution in [0.3, 0.4) is 0 Å². The lowest BCUT2D eigenvalue weighted by molar-refractivity contribution is -0.150. The molecule has 3 aliphatic heterocycles. The highest BCUT2D eigenvalue weighted by molar-refractivity contribution is 5.95. The van der Waals surface area contributed by atoms with Crippen molar-refractivity contribution in [3.8, 4) is 0 Å². The number of amides is 2. The number of carbonyl (C=O) groups is 3. The molecule has 0 saturated carbocycles. The van der Waals surface area contributed by atoms with Crippen molar-refractivity contribution in [1.82, 2.24) is 20.0 Å². The molecule has 0 aliphatic carbocycles. The van der Waals surface area contributed by atoms with Crippen LogP contribution in [0.1, 0.15) is 55.9 Å². The molecule has 0 radical (unpaired) electrons. The van der Waals surface area contributed by atoms with Crippen LogP contribution in [0.5, 0.6) is 0 Å². The summed E-state index contributed by atoms with van der Waals surface area (Å²) in [6.07, 6.45) is 3.78. The zero-order valence-corrected chi connectivity index (χ0v) is 16.8. The van der Waals surface area contributed by atoms with Gasteiger partial charge in [-0.2, -0.15) is 5.10 Å². The molecule has 3 aliphatic rings. The van der Waals surface area contributed by atoms with Gasteiger partial charge >= 0.3 is 0 Å². The van der Waals surface area contributed by atoms with E-state index in [1.807, 2.05) is 11.8 Å². The van der Waals surface area contributed by atoms with Gasteiger partial charge in [0.05, 0.1) is 5.41 Å². The van der Waals surface area contributed by atoms with E-state index in [0.29, 0.717) is 12.8 Å². The fraction of sp³-hybridized carbons (Fsp3) is 0.650. The topological polar surface area (TPSA) is 104 Å². The van der Waals surface area contributed by atoms with Crippen LogP contribution in [-0.2, 0) is 9.59 Å². The van der Waals surface area contributed by atoms with Gasteiger partial charge in [0.15, 0.2) is 5.69 Å². The van der Waals surface area contributed by atoms with Crippen LogP contribution in [0.15, 0.2) is 18.3 Å². The fourth-order valence-corrected chi connectivity index (χ4v) is 5.15. The minimum absolute atomic E-state index is 0.000336. The van der Waals surface area contributed by atoms with E-state index in [2.05, 4.69) is 10.2 Å². The molecule has 0 aromatic carbocycles. The summed E-state index contributed by atoms with van der Waals surface area (Å²) < 4.78 is 27.0. The largest absolute Gasteiger partial charge is 0.483 e. The number of carboxylic acid groups (broad SMARTS) is 1. The lowest BCUT2D eigenvalue weighted by Gasteiger charge is -2.41. The van der Waals surface area contributed by atoms with Gasteiger partial charge in [-0.15, -0.1) is 5.10 Å². The highest BCUT2D eigenvalue weighted by Gasteiger charge is 2.61. The summed E-state index contributed by atoms with van der Waals surface area (Å²) in [7, 11) is 0. The van der Waals surface area contributed by atoms with Crippen molar-refractivity contribution >= 4 is 18.3 Å². The van der Waals surface area contributed by atoms with Gasteiger partial charge in [-0.3, -0.25) is 14.4 Å². The number of hydrogen-bond donors (Lipinski definition) is 1. The number of carbonyl (C=O) groups excluding carboxylic acids is 2. The molecule has 0 unspecified atom stereocenters. The molecule has 164 valence electrons. The zero-order chi connectivity index (χ0) is 21.9. The standard InChI is InChI=1S/C19H24F2N4O2.CH2O2/c1-2-18(17(27)24-10-7-19(20,21)8-11-24)12-13-5-6-15(18)25(13)16(26)14-4-3-9-22-23-14;2-1-3/h3-4,9,13,15H,2,5-8,10-12H2,1H3;1H,(H,2,3)/t13-,15+,18+;/m1./s1. The number of halogens is 2. The predicted molar refractivity (Wildman–Crippen MR) is 102 cm³/mol. The highest BCUT2D eigenvalue weighted by Crippen LogP contribution is 2.53. The maximum absolute atomic E-state index is 13.5. The first-order valence-electron chi connectivity index (χ1n) is 10.1. The Morgan fingerprint density at radius 1 is 1.30 bits per heavy atom. The molecule has 10 heteroatoms. The number of rotatable bonds is 3. The SMILES string of the molecule is CC[C@]1(C(=O)N2CCC(F)(F)CC2)C[C@H]2CC[C@@H]1N2C(=O)c1cccnn1.O=CO. The summed E-state index contributed by atoms with van der Waals surface area (Å²) in [5, 5.41) is 14.6. The fourth-order valence-electron chi connectivity index (χ4n) is 5.15. The summed E-state index contributed by atoms with van der Waals surface area (Å²) in [6, 6.07) is 3.11. The minimum Gasteiger partial charge on any atom is -0.483 e. The molecule has 2 amide bonds. The lowest BCUT2D eigenvalue weighted by Crippen LogP contribution is -2.54. The number of fused-ring (bicyclic) bond motifs is 2. The molecule has 3 saturated heterocycles. The first-order chi connectivity index (χ1) is 14.3. The Labute approximate surface area is 173 Å². The van der Waals surface area contributed by atoms with Crippen LogP contribution in [0.4, 0.5) is 8.78 Å². The second kappa shape index (κ2) is 8.61. The van der Waals surface area contributed by atoms with Gasteiger partial charge in [-0.05, 0) is 37.8 Å². The molecule has 1 N–H and O–H groups in total. The quantitative estimate of drug-likeness (QED) is 0.746. The molecule has 4 heterocycles. The Bertz CT molecular complexity index is 784. The monoisotopic (exact) mass is 424 g/mol. The summed E-state index contributed by atoms with van der Waals surface area (Å²) in [5.74, 6) is -2.94. The maximum atomic E-state index is 13.5. The van der Waals surface area contributed by atoms with Crippen molar-refractivity contribution in [2.75, 3.05) is 13.1 Å². The summed E-state index contributed by atoms with van der Waals surface area (Å²) >= 11 is 0. The Hall–Kier alpha value is -2.65. The summed E-state index contributed by atoms with van der Waals surface area (Å²) in [4.78, 5) is 38.1. The van der Waals surface area contributed by atoms with E-state index in [4.69, 9.17) is 9.90 Å². The number of nitrogens with zero attached hydrogens (tertiary/aromatic N) is 4. The molecule has 3 fully saturated rings. The molecule has 30 heavy (non-hydrogen) atoms. The van der Waals surface area contributed by atoms with Crippen LogP contribution < -0.4 is 0 Å². The molecular formula is C20H26F2N4O4. The van der Waals surface area contributed by atoms with Crippen LogP contribution >= 0.6 is 0 Å². The first kappa shape index (κ1) is 22.0. The van der Waals surface area contributed by atoms with Crippen molar-refractivity contribution in [2.24, 2.45) is 5.41 Å². The van der Waals surface area contributed by atoms with Gasteiger partial charge < -0.3 is 14.9 Å². The van der Waals surface area contributed by atoms with E-state index in [1.54, 1.807) is 17.0 Å². The van der Waals surface area contributed by atoms with Crippen molar-refractivity contribution in [1.29, 1.82) is 0 Å². The number of hydrogen-bond acceptors (Lipinski definition) is 5. The number of aromatic nitrogens is 2. The number of piperidine rings is 1. The van der Waals surface area contributed by atoms with Crippen molar-refractivity contribution < 1.29 is 28.3 Å². The van der Waals surface area contributed by atoms with E-state index in [9.17, 15) is 18.4 Å². The molecule has 3 atom stereocenters. The van der Waals surface area contributed by atoms with E-state index >= 15 is 0 Å². The van der Waals surface area contributed by atoms with Crippen molar-refractivity contribution in [3.63, 3.8) is 0 Å². The smallest absolute Gasteiger partial charge is 0.290 e. The first-order valence-corrected chi connectivity index (χ1v) is 10.1. The molecule has 2 bridgehead atoms. The van der Waals surface area contributed by atoms with Gasteiger partial charge in [-0.1, -0.05) is 6.92 Å². The average molecular weight is 424 g/mol. The van der Waals surface area contributed by atoms with Gasteiger partial charge in [0.25, 0.3) is 18.3 Å².